The van der Waals surface area contributed by atoms with E-state index in [1.807, 2.05) is 73.4 Å². The molecule has 1 saturated heterocycles. The zero-order valence-corrected chi connectivity index (χ0v) is 27.9. The van der Waals surface area contributed by atoms with Crippen LogP contribution in [0.5, 0.6) is 0 Å². The number of aryl methyl sites for hydroxylation is 2. The number of hydrogen-bond donors (Lipinski definition) is 2. The second kappa shape index (κ2) is 14.8. The zero-order chi connectivity index (χ0) is 34.4. The first-order valence-corrected chi connectivity index (χ1v) is 17.2. The van der Waals surface area contributed by atoms with E-state index in [1.165, 1.54) is 0 Å². The number of ketones is 1. The highest BCUT2D eigenvalue weighted by Gasteiger charge is 2.20. The summed E-state index contributed by atoms with van der Waals surface area (Å²) in [7, 11) is -1.81. The molecule has 5 aromatic rings. The molecule has 12 nitrogen and oxygen atoms in total. The minimum absolute atomic E-state index is 0.0561. The second-order valence-corrected chi connectivity index (χ2v) is 13.4. The molecule has 0 unspecified atom stereocenters. The molecule has 1 aliphatic heterocycles. The molecule has 0 amide bonds. The molecule has 0 saturated carbocycles. The number of carbonyl (C=O) groups excluding carboxylic acids is 1. The molecule has 48 heavy (non-hydrogen) atoms. The van der Waals surface area contributed by atoms with Gasteiger partial charge in [0.15, 0.2) is 11.2 Å². The number of benzene rings is 1. The molecule has 0 spiro atoms. The summed E-state index contributed by atoms with van der Waals surface area (Å²) in [5.74, 6) is 0.552. The standard InChI is InChI=1S/C34H34N6O3.CH4O3S/c1-22-3-6-25(7-4-22)29-20-40(18-23-9-11-43-12-10-23)21-30(33(29)42)32(41)13-24-5-8-31(36-15-24)28-14-26(16-37-34(28)35)27-17-38-39(2)19-27;1-5(2,3)4/h3-8,14-17,19-21,23H,9-13,18H2,1-2H3,(H2,35,37);1H3,(H,2,3,4). The lowest BCUT2D eigenvalue weighted by atomic mass is 9.97. The first-order valence-electron chi connectivity index (χ1n) is 15.4. The summed E-state index contributed by atoms with van der Waals surface area (Å²) in [6, 6.07) is 13.4. The SMILES string of the molecule is CS(=O)(=O)O.Cc1ccc(-c2cn(CC3CCOCC3)cc(C(=O)Cc3ccc(-c4cc(-c5cnn(C)c5)cnc4N)nc3)c2=O)cc1. The fourth-order valence-corrected chi connectivity index (χ4v) is 5.48. The first-order chi connectivity index (χ1) is 22.8. The number of carbonyl (C=O) groups is 1. The molecular formula is C35H38N6O6S. The van der Waals surface area contributed by atoms with Crippen molar-refractivity contribution in [3.63, 3.8) is 0 Å². The summed E-state index contributed by atoms with van der Waals surface area (Å²) in [6.07, 6.45) is 13.3. The highest BCUT2D eigenvalue weighted by atomic mass is 32.2. The normalized spacial score (nSPS) is 13.5. The average molecular weight is 671 g/mol. The molecule has 0 bridgehead atoms. The minimum Gasteiger partial charge on any atom is -0.383 e. The van der Waals surface area contributed by atoms with E-state index in [4.69, 9.17) is 15.0 Å². The molecule has 250 valence electrons. The van der Waals surface area contributed by atoms with Crippen LogP contribution in [0, 0.1) is 12.8 Å². The van der Waals surface area contributed by atoms with Gasteiger partial charge in [0, 0.05) is 86.5 Å². The second-order valence-electron chi connectivity index (χ2n) is 12.0. The Balaban J connectivity index is 0.000000840. The number of nitrogen functional groups attached to an aromatic ring is 1. The molecular weight excluding hydrogens is 632 g/mol. The Morgan fingerprint density at radius 1 is 0.958 bits per heavy atom. The Morgan fingerprint density at radius 3 is 2.29 bits per heavy atom. The van der Waals surface area contributed by atoms with Crippen molar-refractivity contribution in [2.24, 2.45) is 13.0 Å². The van der Waals surface area contributed by atoms with Gasteiger partial charge in [-0.3, -0.25) is 23.8 Å². The molecule has 3 N–H and O–H groups in total. The van der Waals surface area contributed by atoms with Gasteiger partial charge in [0.2, 0.25) is 0 Å². The van der Waals surface area contributed by atoms with Gasteiger partial charge >= 0.3 is 0 Å². The van der Waals surface area contributed by atoms with Crippen molar-refractivity contribution in [3.05, 3.63) is 107 Å². The maximum atomic E-state index is 13.7. The van der Waals surface area contributed by atoms with Crippen molar-refractivity contribution in [3.8, 4) is 33.5 Å². The van der Waals surface area contributed by atoms with Crippen LogP contribution in [-0.2, 0) is 34.9 Å². The van der Waals surface area contributed by atoms with Crippen LogP contribution in [0.2, 0.25) is 0 Å². The first kappa shape index (κ1) is 34.4. The summed E-state index contributed by atoms with van der Waals surface area (Å²) in [4.78, 5) is 36.2. The molecule has 1 aromatic carbocycles. The summed E-state index contributed by atoms with van der Waals surface area (Å²) in [6.45, 7) is 4.21. The van der Waals surface area contributed by atoms with E-state index in [9.17, 15) is 18.0 Å². The predicted molar refractivity (Wildman–Crippen MR) is 184 cm³/mol. The largest absolute Gasteiger partial charge is 0.383 e. The van der Waals surface area contributed by atoms with Gasteiger partial charge in [-0.1, -0.05) is 35.9 Å². The number of rotatable bonds is 8. The number of ether oxygens (including phenoxy) is 1. The van der Waals surface area contributed by atoms with E-state index in [2.05, 4.69) is 15.1 Å². The molecule has 4 aromatic heterocycles. The van der Waals surface area contributed by atoms with E-state index >= 15 is 0 Å². The number of anilines is 1. The number of hydrogen-bond acceptors (Lipinski definition) is 9. The minimum atomic E-state index is -3.67. The third-order valence-electron chi connectivity index (χ3n) is 7.97. The van der Waals surface area contributed by atoms with Crippen molar-refractivity contribution in [1.29, 1.82) is 0 Å². The highest BCUT2D eigenvalue weighted by molar-refractivity contribution is 7.85. The average Bonchev–Trinajstić information content (AvgIpc) is 3.49. The van der Waals surface area contributed by atoms with Gasteiger partial charge in [-0.15, -0.1) is 0 Å². The molecule has 5 heterocycles. The van der Waals surface area contributed by atoms with Crippen molar-refractivity contribution in [2.45, 2.75) is 32.7 Å². The van der Waals surface area contributed by atoms with Gasteiger partial charge in [-0.05, 0) is 48.9 Å². The molecule has 13 heteroatoms. The number of Topliss-reactive ketones (excluding diaryl/α,β-unsaturated/α-hetero) is 1. The number of aromatic nitrogens is 5. The van der Waals surface area contributed by atoms with E-state index in [1.54, 1.807) is 29.5 Å². The molecule has 6 rings (SSSR count). The Labute approximate surface area is 279 Å². The van der Waals surface area contributed by atoms with E-state index in [-0.39, 0.29) is 23.2 Å². The number of nitrogens with two attached hydrogens (primary N) is 1. The fourth-order valence-electron chi connectivity index (χ4n) is 5.48. The van der Waals surface area contributed by atoms with Crippen molar-refractivity contribution in [2.75, 3.05) is 25.2 Å². The van der Waals surface area contributed by atoms with Crippen LogP contribution in [0.1, 0.15) is 34.3 Å². The number of pyridine rings is 3. The highest BCUT2D eigenvalue weighted by Crippen LogP contribution is 2.28. The van der Waals surface area contributed by atoms with Crippen LogP contribution < -0.4 is 11.2 Å². The van der Waals surface area contributed by atoms with Gasteiger partial charge in [-0.25, -0.2) is 4.98 Å². The lowest BCUT2D eigenvalue weighted by Gasteiger charge is -2.23. The van der Waals surface area contributed by atoms with Gasteiger partial charge in [0.25, 0.3) is 10.1 Å². The molecule has 1 aliphatic rings. The molecule has 1 fully saturated rings. The number of nitrogens with zero attached hydrogens (tertiary/aromatic N) is 5. The summed E-state index contributed by atoms with van der Waals surface area (Å²) < 4.78 is 35.1. The fraction of sp³-hybridized carbons (Fsp3) is 0.286. The van der Waals surface area contributed by atoms with Gasteiger partial charge in [0.1, 0.15) is 5.82 Å². The summed E-state index contributed by atoms with van der Waals surface area (Å²) in [5.41, 5.74) is 12.4. The summed E-state index contributed by atoms with van der Waals surface area (Å²) >= 11 is 0. The third kappa shape index (κ3) is 9.09. The topological polar surface area (TPSA) is 172 Å². The maximum Gasteiger partial charge on any atom is 0.261 e. The van der Waals surface area contributed by atoms with Gasteiger partial charge in [0.05, 0.1) is 23.7 Å². The van der Waals surface area contributed by atoms with Gasteiger partial charge < -0.3 is 15.0 Å². The third-order valence-corrected chi connectivity index (χ3v) is 7.97. The van der Waals surface area contributed by atoms with Crippen LogP contribution in [0.25, 0.3) is 33.5 Å². The zero-order valence-electron chi connectivity index (χ0n) is 27.0. The summed E-state index contributed by atoms with van der Waals surface area (Å²) in [5, 5.41) is 4.23. The van der Waals surface area contributed by atoms with E-state index < -0.39 is 10.1 Å². The van der Waals surface area contributed by atoms with Crippen molar-refractivity contribution in [1.82, 2.24) is 24.3 Å². The quantitative estimate of drug-likeness (QED) is 0.175. The van der Waals surface area contributed by atoms with Crippen LogP contribution in [0.4, 0.5) is 5.82 Å². The Bertz CT molecular complexity index is 2060. The van der Waals surface area contributed by atoms with Crippen LogP contribution >= 0.6 is 0 Å². The molecule has 0 atom stereocenters. The Morgan fingerprint density at radius 2 is 1.67 bits per heavy atom. The van der Waals surface area contributed by atoms with Crippen molar-refractivity contribution >= 4 is 21.7 Å². The van der Waals surface area contributed by atoms with Gasteiger partial charge in [-0.2, -0.15) is 13.5 Å². The van der Waals surface area contributed by atoms with Crippen LogP contribution in [0.3, 0.4) is 0 Å². The monoisotopic (exact) mass is 670 g/mol. The smallest absolute Gasteiger partial charge is 0.261 e. The van der Waals surface area contributed by atoms with E-state index in [0.29, 0.717) is 40.4 Å². The maximum absolute atomic E-state index is 13.7. The lowest BCUT2D eigenvalue weighted by Crippen LogP contribution is -2.25. The van der Waals surface area contributed by atoms with Crippen LogP contribution in [-0.4, -0.2) is 62.5 Å². The lowest BCUT2D eigenvalue weighted by molar-refractivity contribution is 0.0612. The Kier molecular flexibility index (Phi) is 10.6. The molecule has 0 aliphatic carbocycles. The van der Waals surface area contributed by atoms with Crippen LogP contribution in [0.15, 0.2) is 84.4 Å². The van der Waals surface area contributed by atoms with Crippen molar-refractivity contribution < 1.29 is 22.5 Å². The predicted octanol–water partition coefficient (Wildman–Crippen LogP) is 4.62. The Hall–Kier alpha value is -4.98. The molecule has 0 radical (unpaired) electrons. The van der Waals surface area contributed by atoms with E-state index in [0.717, 1.165) is 54.9 Å².